The van der Waals surface area contributed by atoms with Gasteiger partial charge in [-0.3, -0.25) is 9.59 Å². The van der Waals surface area contributed by atoms with E-state index >= 15 is 0 Å². The quantitative estimate of drug-likeness (QED) is 0.867. The number of amides is 1. The monoisotopic (exact) mass is 303 g/mol. The van der Waals surface area contributed by atoms with Crippen molar-refractivity contribution in [1.29, 1.82) is 0 Å². The average Bonchev–Trinajstić information content (AvgIpc) is 2.83. The highest BCUT2D eigenvalue weighted by Gasteiger charge is 2.37. The lowest BCUT2D eigenvalue weighted by molar-refractivity contribution is -0.117. The highest BCUT2D eigenvalue weighted by atomic mass is 35.5. The molecule has 6 heteroatoms. The predicted molar refractivity (Wildman–Crippen MR) is 79.8 cm³/mol. The Balaban J connectivity index is 2.05. The Labute approximate surface area is 126 Å². The molecule has 2 aromatic rings. The molecule has 0 fully saturated rings. The Hall–Kier alpha value is -2.14. The van der Waals surface area contributed by atoms with Gasteiger partial charge in [0.05, 0.1) is 5.69 Å². The van der Waals surface area contributed by atoms with Crippen LogP contribution in [0.15, 0.2) is 30.3 Å². The molecule has 1 atom stereocenters. The van der Waals surface area contributed by atoms with Crippen LogP contribution in [0.1, 0.15) is 41.7 Å². The standard InChI is InChI=1S/C15H14ClN3O2/c1-8(2)11-7-12-17-14(20)13(15(21)19(12)18-11)9-4-3-5-10(16)6-9/h3-8,13H,1-2H3,(H,17,20). The fraction of sp³-hybridized carbons (Fsp3) is 0.267. The van der Waals surface area contributed by atoms with Crippen LogP contribution >= 0.6 is 11.6 Å². The van der Waals surface area contributed by atoms with Crippen LogP contribution in [0.3, 0.4) is 0 Å². The molecule has 1 aromatic heterocycles. The third-order valence-corrected chi connectivity index (χ3v) is 3.71. The van der Waals surface area contributed by atoms with Crippen LogP contribution in [-0.4, -0.2) is 21.6 Å². The van der Waals surface area contributed by atoms with Gasteiger partial charge in [-0.1, -0.05) is 37.6 Å². The number of aromatic nitrogens is 2. The molecule has 1 unspecified atom stereocenters. The Morgan fingerprint density at radius 2 is 2.05 bits per heavy atom. The number of hydrogen-bond acceptors (Lipinski definition) is 3. The highest BCUT2D eigenvalue weighted by Crippen LogP contribution is 2.29. The number of rotatable bonds is 2. The number of benzene rings is 1. The number of halogens is 1. The first-order valence-electron chi connectivity index (χ1n) is 6.68. The van der Waals surface area contributed by atoms with Gasteiger partial charge in [-0.05, 0) is 23.6 Å². The Morgan fingerprint density at radius 1 is 1.29 bits per heavy atom. The minimum atomic E-state index is -0.920. The van der Waals surface area contributed by atoms with Crippen molar-refractivity contribution in [2.24, 2.45) is 0 Å². The summed E-state index contributed by atoms with van der Waals surface area (Å²) in [4.78, 5) is 24.8. The fourth-order valence-corrected chi connectivity index (χ4v) is 2.55. The van der Waals surface area contributed by atoms with E-state index in [1.54, 1.807) is 30.3 Å². The van der Waals surface area contributed by atoms with E-state index in [0.29, 0.717) is 16.4 Å². The lowest BCUT2D eigenvalue weighted by Gasteiger charge is -2.22. The smallest absolute Gasteiger partial charge is 0.265 e. The van der Waals surface area contributed by atoms with Gasteiger partial charge in [0.2, 0.25) is 5.91 Å². The molecule has 0 spiro atoms. The van der Waals surface area contributed by atoms with Crippen LogP contribution < -0.4 is 5.32 Å². The van der Waals surface area contributed by atoms with Gasteiger partial charge in [-0.25, -0.2) is 0 Å². The summed E-state index contributed by atoms with van der Waals surface area (Å²) in [5.74, 6) is -1.03. The summed E-state index contributed by atoms with van der Waals surface area (Å²) in [7, 11) is 0. The molecule has 2 heterocycles. The van der Waals surface area contributed by atoms with E-state index < -0.39 is 5.92 Å². The van der Waals surface area contributed by atoms with Crippen LogP contribution in [0.25, 0.3) is 0 Å². The van der Waals surface area contributed by atoms with E-state index in [2.05, 4.69) is 10.4 Å². The molecule has 1 aliphatic rings. The number of carbonyl (C=O) groups excluding carboxylic acids is 2. The summed E-state index contributed by atoms with van der Waals surface area (Å²) in [6.45, 7) is 3.96. The minimum Gasteiger partial charge on any atom is -0.309 e. The van der Waals surface area contributed by atoms with Crippen molar-refractivity contribution in [2.45, 2.75) is 25.7 Å². The first-order chi connectivity index (χ1) is 9.97. The number of nitrogens with one attached hydrogen (secondary N) is 1. The number of nitrogens with zero attached hydrogens (tertiary/aromatic N) is 2. The van der Waals surface area contributed by atoms with Gasteiger partial charge in [-0.2, -0.15) is 9.78 Å². The molecule has 0 radical (unpaired) electrons. The molecule has 21 heavy (non-hydrogen) atoms. The molecule has 0 bridgehead atoms. The van der Waals surface area contributed by atoms with Gasteiger partial charge in [0.15, 0.2) is 0 Å². The second-order valence-electron chi connectivity index (χ2n) is 5.34. The molecule has 108 valence electrons. The SMILES string of the molecule is CC(C)c1cc2n(n1)C(=O)C(c1cccc(Cl)c1)C(=O)N2. The number of carbonyl (C=O) groups is 2. The predicted octanol–water partition coefficient (Wildman–Crippen LogP) is 3.04. The highest BCUT2D eigenvalue weighted by molar-refractivity contribution is 6.30. The Morgan fingerprint density at radius 3 is 2.71 bits per heavy atom. The molecular formula is C15H14ClN3O2. The Bertz CT molecular complexity index is 736. The second-order valence-corrected chi connectivity index (χ2v) is 5.77. The van der Waals surface area contributed by atoms with Crippen LogP contribution in [0.4, 0.5) is 5.82 Å². The lowest BCUT2D eigenvalue weighted by Crippen LogP contribution is -2.38. The molecule has 0 saturated carbocycles. The van der Waals surface area contributed by atoms with Crippen LogP contribution in [0.2, 0.25) is 5.02 Å². The molecule has 3 rings (SSSR count). The summed E-state index contributed by atoms with van der Waals surface area (Å²) in [6, 6.07) is 8.49. The van der Waals surface area contributed by atoms with E-state index in [-0.39, 0.29) is 17.7 Å². The van der Waals surface area contributed by atoms with Crippen molar-refractivity contribution in [3.63, 3.8) is 0 Å². The molecule has 5 nitrogen and oxygen atoms in total. The van der Waals surface area contributed by atoms with E-state index in [0.717, 1.165) is 5.69 Å². The minimum absolute atomic E-state index is 0.178. The van der Waals surface area contributed by atoms with Crippen molar-refractivity contribution < 1.29 is 9.59 Å². The largest absolute Gasteiger partial charge is 0.309 e. The van der Waals surface area contributed by atoms with Gasteiger partial charge in [0, 0.05) is 11.1 Å². The van der Waals surface area contributed by atoms with E-state index in [1.807, 2.05) is 13.8 Å². The maximum atomic E-state index is 12.6. The fourth-order valence-electron chi connectivity index (χ4n) is 2.35. The third kappa shape index (κ3) is 2.34. The molecule has 1 aromatic carbocycles. The Kier molecular flexibility index (Phi) is 3.29. The van der Waals surface area contributed by atoms with Crippen LogP contribution in [-0.2, 0) is 4.79 Å². The second kappa shape index (κ2) is 5.00. The number of hydrogen-bond donors (Lipinski definition) is 1. The van der Waals surface area contributed by atoms with Gasteiger partial charge in [0.25, 0.3) is 5.91 Å². The number of anilines is 1. The first-order valence-corrected chi connectivity index (χ1v) is 7.05. The lowest BCUT2D eigenvalue weighted by atomic mass is 9.96. The summed E-state index contributed by atoms with van der Waals surface area (Å²) in [6.07, 6.45) is 0. The zero-order valence-corrected chi connectivity index (χ0v) is 12.4. The summed E-state index contributed by atoms with van der Waals surface area (Å²) in [5, 5.41) is 7.50. The van der Waals surface area contributed by atoms with Gasteiger partial charge in [0.1, 0.15) is 11.7 Å². The van der Waals surface area contributed by atoms with Gasteiger partial charge < -0.3 is 5.32 Å². The van der Waals surface area contributed by atoms with Crippen molar-refractivity contribution in [3.8, 4) is 0 Å². The normalized spacial score (nSPS) is 17.8. The maximum absolute atomic E-state index is 12.6. The molecular weight excluding hydrogens is 290 g/mol. The summed E-state index contributed by atoms with van der Waals surface area (Å²) >= 11 is 5.94. The van der Waals surface area contributed by atoms with E-state index in [1.165, 1.54) is 4.68 Å². The maximum Gasteiger partial charge on any atom is 0.265 e. The first kappa shape index (κ1) is 13.8. The van der Waals surface area contributed by atoms with Crippen molar-refractivity contribution in [3.05, 3.63) is 46.6 Å². The van der Waals surface area contributed by atoms with Crippen molar-refractivity contribution in [1.82, 2.24) is 9.78 Å². The summed E-state index contributed by atoms with van der Waals surface area (Å²) in [5.41, 5.74) is 1.34. The molecule has 0 saturated heterocycles. The zero-order chi connectivity index (χ0) is 15.1. The van der Waals surface area contributed by atoms with Gasteiger partial charge in [-0.15, -0.1) is 0 Å². The zero-order valence-electron chi connectivity index (χ0n) is 11.6. The molecule has 1 N–H and O–H groups in total. The van der Waals surface area contributed by atoms with Crippen molar-refractivity contribution in [2.75, 3.05) is 5.32 Å². The molecule has 1 aliphatic heterocycles. The summed E-state index contributed by atoms with van der Waals surface area (Å²) < 4.78 is 1.27. The van der Waals surface area contributed by atoms with E-state index in [9.17, 15) is 9.59 Å². The topological polar surface area (TPSA) is 64.0 Å². The van der Waals surface area contributed by atoms with Crippen LogP contribution in [0.5, 0.6) is 0 Å². The average molecular weight is 304 g/mol. The molecule has 0 aliphatic carbocycles. The number of fused-ring (bicyclic) bond motifs is 1. The third-order valence-electron chi connectivity index (χ3n) is 3.47. The molecule has 1 amide bonds. The van der Waals surface area contributed by atoms with Crippen molar-refractivity contribution >= 4 is 29.2 Å². The van der Waals surface area contributed by atoms with Crippen LogP contribution in [0, 0.1) is 0 Å². The van der Waals surface area contributed by atoms with Gasteiger partial charge >= 0.3 is 0 Å². The van der Waals surface area contributed by atoms with E-state index in [4.69, 9.17) is 11.6 Å².